The van der Waals surface area contributed by atoms with Crippen LogP contribution in [-0.4, -0.2) is 36.0 Å². The van der Waals surface area contributed by atoms with E-state index in [1.54, 1.807) is 0 Å². The van der Waals surface area contributed by atoms with E-state index < -0.39 is 12.0 Å². The van der Waals surface area contributed by atoms with Crippen LogP contribution in [0.15, 0.2) is 0 Å². The van der Waals surface area contributed by atoms with E-state index in [4.69, 9.17) is 5.11 Å². The summed E-state index contributed by atoms with van der Waals surface area (Å²) >= 11 is 0. The highest BCUT2D eigenvalue weighted by Crippen LogP contribution is 2.00. The fourth-order valence-corrected chi connectivity index (χ4v) is 1.10. The second-order valence-corrected chi connectivity index (χ2v) is 3.15. The molecule has 0 spiro atoms. The summed E-state index contributed by atoms with van der Waals surface area (Å²) in [5.41, 5.74) is 0. The Morgan fingerprint density at radius 3 is 2.53 bits per heavy atom. The lowest BCUT2D eigenvalue weighted by molar-refractivity contribution is -0.140. The molecule has 0 aliphatic rings. The van der Waals surface area contributed by atoms with Gasteiger partial charge in [-0.25, -0.2) is 4.79 Å². The fourth-order valence-electron chi connectivity index (χ4n) is 1.10. The molecule has 3 N–H and O–H groups in total. The standard InChI is InChI=1S/C9H16N2O4/c1-7(13)10-5-3-2-4-8(9(14)15)11-6-12/h6,8H,2-5H2,1H3,(H,10,13)(H,11,12)(H,14,15). The predicted octanol–water partition coefficient (Wildman–Crippen LogP) is -0.508. The molecule has 0 fully saturated rings. The molecule has 0 radical (unpaired) electrons. The van der Waals surface area contributed by atoms with Gasteiger partial charge in [0.15, 0.2) is 0 Å². The monoisotopic (exact) mass is 216 g/mol. The van der Waals surface area contributed by atoms with Crippen molar-refractivity contribution in [2.24, 2.45) is 0 Å². The van der Waals surface area contributed by atoms with Gasteiger partial charge in [0, 0.05) is 13.5 Å². The van der Waals surface area contributed by atoms with Crippen LogP contribution in [0.4, 0.5) is 0 Å². The first-order valence-corrected chi connectivity index (χ1v) is 4.75. The van der Waals surface area contributed by atoms with Crippen LogP contribution in [0.3, 0.4) is 0 Å². The maximum atomic E-state index is 10.6. The number of carboxylic acid groups (broad SMARTS) is 1. The van der Waals surface area contributed by atoms with E-state index in [1.165, 1.54) is 6.92 Å². The number of unbranched alkanes of at least 4 members (excludes halogenated alkanes) is 1. The first-order valence-electron chi connectivity index (χ1n) is 4.75. The Morgan fingerprint density at radius 2 is 2.07 bits per heavy atom. The van der Waals surface area contributed by atoms with Gasteiger partial charge in [0.05, 0.1) is 0 Å². The molecule has 0 saturated heterocycles. The molecule has 1 unspecified atom stereocenters. The molecule has 0 aromatic carbocycles. The van der Waals surface area contributed by atoms with Gasteiger partial charge in [-0.15, -0.1) is 0 Å². The van der Waals surface area contributed by atoms with Crippen LogP contribution in [0.25, 0.3) is 0 Å². The van der Waals surface area contributed by atoms with Crippen molar-refractivity contribution in [3.8, 4) is 0 Å². The highest BCUT2D eigenvalue weighted by molar-refractivity contribution is 5.76. The van der Waals surface area contributed by atoms with Gasteiger partial charge in [0.1, 0.15) is 6.04 Å². The van der Waals surface area contributed by atoms with Gasteiger partial charge in [0.2, 0.25) is 12.3 Å². The summed E-state index contributed by atoms with van der Waals surface area (Å²) in [6.45, 7) is 1.96. The summed E-state index contributed by atoms with van der Waals surface area (Å²) in [5.74, 6) is -1.14. The van der Waals surface area contributed by atoms with Crippen molar-refractivity contribution in [3.05, 3.63) is 0 Å². The highest BCUT2D eigenvalue weighted by Gasteiger charge is 2.14. The third-order valence-corrected chi connectivity index (χ3v) is 1.86. The summed E-state index contributed by atoms with van der Waals surface area (Å²) in [4.78, 5) is 31.1. The maximum Gasteiger partial charge on any atom is 0.326 e. The first-order chi connectivity index (χ1) is 7.07. The van der Waals surface area contributed by atoms with Gasteiger partial charge < -0.3 is 15.7 Å². The Hall–Kier alpha value is -1.59. The molecule has 2 amide bonds. The summed E-state index contributed by atoms with van der Waals surface area (Å²) in [7, 11) is 0. The maximum absolute atomic E-state index is 10.6. The molecular formula is C9H16N2O4. The molecule has 6 heteroatoms. The van der Waals surface area contributed by atoms with Crippen molar-refractivity contribution in [3.63, 3.8) is 0 Å². The van der Waals surface area contributed by atoms with Crippen molar-refractivity contribution < 1.29 is 19.5 Å². The topological polar surface area (TPSA) is 95.5 Å². The predicted molar refractivity (Wildman–Crippen MR) is 53.2 cm³/mol. The van der Waals surface area contributed by atoms with Crippen LogP contribution in [0.1, 0.15) is 26.2 Å². The Morgan fingerprint density at radius 1 is 1.40 bits per heavy atom. The number of carboxylic acids is 1. The lowest BCUT2D eigenvalue weighted by atomic mass is 10.1. The van der Waals surface area contributed by atoms with E-state index in [0.717, 1.165) is 0 Å². The summed E-state index contributed by atoms with van der Waals surface area (Å²) < 4.78 is 0. The first kappa shape index (κ1) is 13.4. The number of aliphatic carboxylic acids is 1. The molecule has 1 atom stereocenters. The van der Waals surface area contributed by atoms with Crippen molar-refractivity contribution in [2.45, 2.75) is 32.2 Å². The summed E-state index contributed by atoms with van der Waals surface area (Å²) in [5, 5.41) is 13.5. The zero-order valence-electron chi connectivity index (χ0n) is 8.66. The highest BCUT2D eigenvalue weighted by atomic mass is 16.4. The van der Waals surface area contributed by atoms with Crippen molar-refractivity contribution in [2.75, 3.05) is 6.54 Å². The van der Waals surface area contributed by atoms with Crippen LogP contribution in [-0.2, 0) is 14.4 Å². The van der Waals surface area contributed by atoms with E-state index >= 15 is 0 Å². The minimum Gasteiger partial charge on any atom is -0.480 e. The largest absolute Gasteiger partial charge is 0.480 e. The molecule has 0 rings (SSSR count). The van der Waals surface area contributed by atoms with Crippen molar-refractivity contribution in [1.82, 2.24) is 10.6 Å². The third-order valence-electron chi connectivity index (χ3n) is 1.86. The third kappa shape index (κ3) is 7.48. The zero-order valence-corrected chi connectivity index (χ0v) is 8.66. The fraction of sp³-hybridized carbons (Fsp3) is 0.667. The Labute approximate surface area is 88.0 Å². The molecular weight excluding hydrogens is 200 g/mol. The lowest BCUT2D eigenvalue weighted by Crippen LogP contribution is -2.35. The molecule has 0 aliphatic heterocycles. The van der Waals surface area contributed by atoms with Crippen LogP contribution in [0, 0.1) is 0 Å². The van der Waals surface area contributed by atoms with Gasteiger partial charge in [-0.05, 0) is 19.3 Å². The number of amides is 2. The molecule has 0 heterocycles. The molecule has 0 aromatic rings. The molecule has 0 aromatic heterocycles. The Bertz CT molecular complexity index is 230. The Balaban J connectivity index is 3.57. The van der Waals surface area contributed by atoms with Crippen LogP contribution in [0.5, 0.6) is 0 Å². The van der Waals surface area contributed by atoms with Gasteiger partial charge in [0.25, 0.3) is 0 Å². The minimum atomic E-state index is -1.04. The van der Waals surface area contributed by atoms with Crippen molar-refractivity contribution in [1.29, 1.82) is 0 Å². The number of carbonyl (C=O) groups excluding carboxylic acids is 2. The van der Waals surface area contributed by atoms with E-state index in [2.05, 4.69) is 10.6 Å². The lowest BCUT2D eigenvalue weighted by Gasteiger charge is -2.10. The number of hydrogen-bond acceptors (Lipinski definition) is 3. The van der Waals surface area contributed by atoms with E-state index in [1.807, 2.05) is 0 Å². The zero-order chi connectivity index (χ0) is 11.7. The van der Waals surface area contributed by atoms with E-state index in [9.17, 15) is 14.4 Å². The quantitative estimate of drug-likeness (QED) is 0.376. The number of rotatable bonds is 8. The average molecular weight is 216 g/mol. The molecule has 0 saturated carbocycles. The number of hydrogen-bond donors (Lipinski definition) is 3. The molecule has 0 bridgehead atoms. The summed E-state index contributed by atoms with van der Waals surface area (Å²) in [6, 6.07) is -0.833. The molecule has 86 valence electrons. The Kier molecular flexibility index (Phi) is 6.96. The van der Waals surface area contributed by atoms with Gasteiger partial charge in [-0.3, -0.25) is 9.59 Å². The van der Waals surface area contributed by atoms with Gasteiger partial charge in [-0.1, -0.05) is 0 Å². The number of carbonyl (C=O) groups is 3. The molecule has 6 nitrogen and oxygen atoms in total. The second kappa shape index (κ2) is 7.78. The summed E-state index contributed by atoms with van der Waals surface area (Å²) in [6.07, 6.45) is 2.09. The van der Waals surface area contributed by atoms with Crippen LogP contribution >= 0.6 is 0 Å². The normalized spacial score (nSPS) is 11.5. The number of nitrogens with one attached hydrogen (secondary N) is 2. The van der Waals surface area contributed by atoms with E-state index in [-0.39, 0.29) is 5.91 Å². The van der Waals surface area contributed by atoms with Gasteiger partial charge in [-0.2, -0.15) is 0 Å². The molecule has 15 heavy (non-hydrogen) atoms. The SMILES string of the molecule is CC(=O)NCCCCC(NC=O)C(=O)O. The van der Waals surface area contributed by atoms with Crippen LogP contribution < -0.4 is 10.6 Å². The van der Waals surface area contributed by atoms with Gasteiger partial charge >= 0.3 is 5.97 Å². The average Bonchev–Trinajstić information content (AvgIpc) is 2.15. The minimum absolute atomic E-state index is 0.101. The van der Waals surface area contributed by atoms with E-state index in [0.29, 0.717) is 32.2 Å². The van der Waals surface area contributed by atoms with Crippen LogP contribution in [0.2, 0.25) is 0 Å². The molecule has 0 aliphatic carbocycles. The second-order valence-electron chi connectivity index (χ2n) is 3.15. The van der Waals surface area contributed by atoms with Crippen molar-refractivity contribution >= 4 is 18.3 Å². The smallest absolute Gasteiger partial charge is 0.326 e.